The van der Waals surface area contributed by atoms with Gasteiger partial charge in [0, 0.05) is 18.5 Å². The Hall–Kier alpha value is -3.50. The van der Waals surface area contributed by atoms with Crippen molar-refractivity contribution in [3.63, 3.8) is 0 Å². The van der Waals surface area contributed by atoms with E-state index in [1.54, 1.807) is 4.72 Å². The number of thiophene rings is 1. The van der Waals surface area contributed by atoms with Crippen molar-refractivity contribution >= 4 is 56.9 Å². The summed E-state index contributed by atoms with van der Waals surface area (Å²) in [6, 6.07) is 0.825. The third-order valence-electron chi connectivity index (χ3n) is 4.48. The van der Waals surface area contributed by atoms with Crippen LogP contribution >= 0.6 is 18.9 Å². The summed E-state index contributed by atoms with van der Waals surface area (Å²) in [7, 11) is -9.23. The number of benzene rings is 1. The van der Waals surface area contributed by atoms with Crippen LogP contribution in [0, 0.1) is 22.5 Å². The first-order valence-electron chi connectivity index (χ1n) is 11.4. The van der Waals surface area contributed by atoms with E-state index >= 15 is 8.78 Å². The maximum absolute atomic E-state index is 15.4. The molecule has 16 nitrogen and oxygen atoms in total. The van der Waals surface area contributed by atoms with Crippen molar-refractivity contribution in [2.45, 2.75) is 23.2 Å². The zero-order valence-corrected chi connectivity index (χ0v) is 24.2. The molecule has 12 N–H and O–H groups in total. The molecule has 0 aliphatic rings. The zero-order chi connectivity index (χ0) is 33.2. The predicted octanol–water partition coefficient (Wildman–Crippen LogP) is 0.730. The first-order chi connectivity index (χ1) is 19.7. The van der Waals surface area contributed by atoms with Gasteiger partial charge in [0.05, 0.1) is 17.9 Å². The number of sulfonamides is 1. The van der Waals surface area contributed by atoms with Crippen LogP contribution in [0.5, 0.6) is 11.5 Å². The highest BCUT2D eigenvalue weighted by Gasteiger charge is 2.38. The van der Waals surface area contributed by atoms with E-state index in [9.17, 15) is 26.2 Å². The molecule has 0 saturated carbocycles. The van der Waals surface area contributed by atoms with Crippen molar-refractivity contribution in [3.8, 4) is 11.5 Å². The molecule has 0 bridgehead atoms. The van der Waals surface area contributed by atoms with Crippen LogP contribution in [0.15, 0.2) is 10.3 Å². The van der Waals surface area contributed by atoms with Crippen LogP contribution in [0.2, 0.25) is 0 Å². The van der Waals surface area contributed by atoms with Crippen molar-refractivity contribution < 1.29 is 64.1 Å². The van der Waals surface area contributed by atoms with Gasteiger partial charge in [-0.25, -0.2) is 22.0 Å². The number of carboxylic acid groups (broad SMARTS) is 1. The number of hydrogen-bond acceptors (Lipinski definition) is 9. The molecule has 0 aliphatic heterocycles. The molecule has 24 heteroatoms. The first-order valence-corrected chi connectivity index (χ1v) is 15.5. The lowest BCUT2D eigenvalue weighted by Crippen LogP contribution is -2.31. The van der Waals surface area contributed by atoms with Crippen molar-refractivity contribution in [2.75, 3.05) is 32.6 Å². The van der Waals surface area contributed by atoms with Gasteiger partial charge in [0.15, 0.2) is 23.6 Å². The van der Waals surface area contributed by atoms with Crippen LogP contribution in [-0.2, 0) is 19.4 Å². The van der Waals surface area contributed by atoms with Crippen molar-refractivity contribution in [1.82, 2.24) is 15.4 Å². The number of nitrogens with two attached hydrogens (primary N) is 2. The second kappa shape index (κ2) is 15.8. The smallest absolute Gasteiger partial charge is 0.487 e. The summed E-state index contributed by atoms with van der Waals surface area (Å²) in [6.45, 7) is 0.149. The Labute approximate surface area is 243 Å². The lowest BCUT2D eigenvalue weighted by Gasteiger charge is -2.15. The average molecular weight is 688 g/mol. The molecule has 0 aliphatic carbocycles. The minimum atomic E-state index is -5.08. The number of nitrogens with one attached hydrogen (secondary N) is 5. The molecular weight excluding hydrogens is 660 g/mol. The monoisotopic (exact) mass is 687 g/mol. The molecule has 2 aromatic rings. The van der Waals surface area contributed by atoms with Crippen molar-refractivity contribution in [1.29, 1.82) is 10.8 Å². The highest BCUT2D eigenvalue weighted by Crippen LogP contribution is 2.44. The summed E-state index contributed by atoms with van der Waals surface area (Å²) in [5, 5.41) is 26.0. The summed E-state index contributed by atoms with van der Waals surface area (Å²) < 4.78 is 110. The Morgan fingerprint density at radius 3 is 1.84 bits per heavy atom. The summed E-state index contributed by atoms with van der Waals surface area (Å²) >= 11 is 0.343. The largest absolute Gasteiger partial charge is 0.490 e. The van der Waals surface area contributed by atoms with Gasteiger partial charge in [-0.1, -0.05) is 0 Å². The molecule has 0 amide bonds. The van der Waals surface area contributed by atoms with E-state index in [0.717, 1.165) is 6.07 Å². The maximum Gasteiger partial charge on any atom is 0.490 e. The molecular formula is C19H27F5N7O9PS2. The van der Waals surface area contributed by atoms with E-state index in [4.69, 9.17) is 51.4 Å². The molecule has 1 aromatic carbocycles. The van der Waals surface area contributed by atoms with Gasteiger partial charge in [0.25, 0.3) is 10.0 Å². The van der Waals surface area contributed by atoms with Gasteiger partial charge >= 0.3 is 19.7 Å². The third-order valence-corrected chi connectivity index (χ3v) is 8.27. The molecule has 0 radical (unpaired) electrons. The number of alkyl halides is 3. The third kappa shape index (κ3) is 12.7. The number of fused-ring (bicyclic) bond motifs is 1. The van der Waals surface area contributed by atoms with Crippen LogP contribution in [0.3, 0.4) is 0 Å². The molecule has 43 heavy (non-hydrogen) atoms. The van der Waals surface area contributed by atoms with Crippen LogP contribution in [-0.4, -0.2) is 80.0 Å². The Bertz CT molecular complexity index is 1400. The van der Waals surface area contributed by atoms with Gasteiger partial charge in [0.2, 0.25) is 11.5 Å². The fourth-order valence-corrected chi connectivity index (χ4v) is 6.14. The highest BCUT2D eigenvalue weighted by molar-refractivity contribution is 7.92. The predicted molar refractivity (Wildman–Crippen MR) is 143 cm³/mol. The van der Waals surface area contributed by atoms with E-state index in [2.05, 4.69) is 10.6 Å². The molecule has 0 unspecified atom stereocenters. The molecule has 1 aromatic heterocycles. The fourth-order valence-electron chi connectivity index (χ4n) is 2.69. The van der Waals surface area contributed by atoms with Gasteiger partial charge in [-0.15, -0.1) is 11.3 Å². The molecule has 0 atom stereocenters. The minimum Gasteiger partial charge on any atom is -0.487 e. The van der Waals surface area contributed by atoms with Crippen molar-refractivity contribution in [3.05, 3.63) is 17.7 Å². The maximum atomic E-state index is 15.4. The standard InChI is InChI=1S/C17H26F2N7O7PS2.C2HF3O2/c18-11-9-7-10(36(30,31)26-8-34(27,28)29)35-15(9)12(19)14(33-6-2-4-25-17(22)23)13(11)32-5-1-3-24-16(20)21;3-2(4,5)1(6)7/h7,26H,1-6,8H2,(H4,20,21,24)(H4,22,23,25)(H2,27,28,29);(H,6,7). The molecule has 244 valence electrons. The number of hydrogen-bond donors (Lipinski definition) is 10. The van der Waals surface area contributed by atoms with Crippen LogP contribution in [0.1, 0.15) is 12.8 Å². The second-order valence-corrected chi connectivity index (χ2v) is 12.6. The Morgan fingerprint density at radius 2 is 1.44 bits per heavy atom. The Kier molecular flexibility index (Phi) is 13.8. The topological polar surface area (TPSA) is 283 Å². The number of carbonyl (C=O) groups is 1. The summed E-state index contributed by atoms with van der Waals surface area (Å²) in [5.74, 6) is -6.72. The summed E-state index contributed by atoms with van der Waals surface area (Å²) in [6.07, 6.45) is -5.78. The van der Waals surface area contributed by atoms with Gasteiger partial charge in [0.1, 0.15) is 10.5 Å². The van der Waals surface area contributed by atoms with Crippen LogP contribution in [0.4, 0.5) is 22.0 Å². The van der Waals surface area contributed by atoms with E-state index in [0.29, 0.717) is 11.3 Å². The van der Waals surface area contributed by atoms with E-state index in [1.807, 2.05) is 0 Å². The van der Waals surface area contributed by atoms with E-state index in [1.165, 1.54) is 0 Å². The van der Waals surface area contributed by atoms with Crippen molar-refractivity contribution in [2.24, 2.45) is 11.5 Å². The Morgan fingerprint density at radius 1 is 1.00 bits per heavy atom. The first kappa shape index (κ1) is 37.5. The lowest BCUT2D eigenvalue weighted by molar-refractivity contribution is -0.192. The SMILES string of the molecule is N=C(N)NCCCOc1c(OCCCNC(=N)N)c(F)c2sc(S(=O)(=O)NCP(=O)(O)O)cc2c1F.O=C(O)C(F)(F)F. The highest BCUT2D eigenvalue weighted by atomic mass is 32.2. The minimum absolute atomic E-state index is 0.134. The average Bonchev–Trinajstić information content (AvgIpc) is 3.33. The molecule has 2 rings (SSSR count). The van der Waals surface area contributed by atoms with Gasteiger partial charge in [-0.05, 0) is 18.9 Å². The quantitative estimate of drug-likeness (QED) is 0.0432. The number of carboxylic acids is 1. The second-order valence-electron chi connectivity index (χ2n) is 7.95. The Balaban J connectivity index is 0.00000117. The fraction of sp³-hybridized carbons (Fsp3) is 0.421. The number of halogens is 5. The molecule has 0 saturated heterocycles. The molecule has 1 heterocycles. The molecule has 0 fully saturated rings. The number of guanidine groups is 2. The number of rotatable bonds is 14. The summed E-state index contributed by atoms with van der Waals surface area (Å²) in [4.78, 5) is 26.7. The van der Waals surface area contributed by atoms with Gasteiger partial charge in [-0.3, -0.25) is 15.4 Å². The summed E-state index contributed by atoms with van der Waals surface area (Å²) in [5.41, 5.74) is 10.4. The van der Waals surface area contributed by atoms with Crippen LogP contribution < -0.4 is 36.3 Å². The van der Waals surface area contributed by atoms with E-state index < -0.39 is 73.5 Å². The zero-order valence-electron chi connectivity index (χ0n) is 21.6. The van der Waals surface area contributed by atoms with Gasteiger partial charge in [-0.2, -0.15) is 17.9 Å². The molecule has 0 spiro atoms. The van der Waals surface area contributed by atoms with E-state index in [-0.39, 0.29) is 51.1 Å². The number of ether oxygens (including phenoxy) is 2. The van der Waals surface area contributed by atoms with Gasteiger partial charge < -0.3 is 46.5 Å². The normalized spacial score (nSPS) is 11.8. The number of aliphatic carboxylic acids is 1. The van der Waals surface area contributed by atoms with Crippen LogP contribution in [0.25, 0.3) is 10.1 Å². The lowest BCUT2D eigenvalue weighted by atomic mass is 10.2.